The van der Waals surface area contributed by atoms with E-state index >= 15 is 0 Å². The monoisotopic (exact) mass is 264 g/mol. The van der Waals surface area contributed by atoms with Gasteiger partial charge in [-0.25, -0.2) is 0 Å². The fraction of sp³-hybridized carbons (Fsp3) is 0.308. The average Bonchev–Trinajstić information content (AvgIpc) is 2.69. The minimum Gasteiger partial charge on any atom is -0.374 e. The van der Waals surface area contributed by atoms with Gasteiger partial charge in [-0.1, -0.05) is 11.6 Å². The molecule has 1 heterocycles. The molecule has 3 rings (SSSR count). The van der Waals surface area contributed by atoms with Gasteiger partial charge in [-0.2, -0.15) is 0 Å². The fourth-order valence-electron chi connectivity index (χ4n) is 2.73. The maximum absolute atomic E-state index is 11.5. The number of fused-ring (bicyclic) bond motifs is 3. The molecule has 1 aromatic heterocycles. The minimum atomic E-state index is -1.58. The molecule has 0 saturated carbocycles. The molecule has 2 aromatic rings. The zero-order valence-corrected chi connectivity index (χ0v) is 10.4. The number of carbonyl (C=O) groups excluding carboxylic acids is 1. The number of halogens is 1. The molecule has 1 atom stereocenters. The van der Waals surface area contributed by atoms with Gasteiger partial charge in [0.25, 0.3) is 5.91 Å². The molecule has 0 bridgehead atoms. The normalized spacial score (nSPS) is 23.0. The number of aryl methyl sites for hydroxylation is 1. The van der Waals surface area contributed by atoms with Gasteiger partial charge >= 0.3 is 0 Å². The van der Waals surface area contributed by atoms with Crippen molar-refractivity contribution in [1.29, 1.82) is 0 Å². The maximum Gasteiger partial charge on any atom is 0.255 e. The third-order valence-electron chi connectivity index (χ3n) is 3.65. The van der Waals surface area contributed by atoms with Crippen LogP contribution in [0, 0.1) is 0 Å². The van der Waals surface area contributed by atoms with E-state index in [-0.39, 0.29) is 0 Å². The van der Waals surface area contributed by atoms with E-state index in [0.717, 1.165) is 29.3 Å². The van der Waals surface area contributed by atoms with Gasteiger partial charge in [0, 0.05) is 15.9 Å². The Labute approximate surface area is 109 Å². The number of benzene rings is 1. The second-order valence-electron chi connectivity index (χ2n) is 4.75. The van der Waals surface area contributed by atoms with Crippen LogP contribution in [-0.2, 0) is 16.8 Å². The van der Waals surface area contributed by atoms with E-state index in [1.54, 1.807) is 6.07 Å². The summed E-state index contributed by atoms with van der Waals surface area (Å²) >= 11 is 5.98. The first-order valence-electron chi connectivity index (χ1n) is 5.85. The molecule has 0 fully saturated rings. The molecule has 0 saturated heterocycles. The zero-order valence-electron chi connectivity index (χ0n) is 9.66. The largest absolute Gasteiger partial charge is 0.374 e. The van der Waals surface area contributed by atoms with E-state index in [9.17, 15) is 9.90 Å². The summed E-state index contributed by atoms with van der Waals surface area (Å²) in [5, 5.41) is 12.0. The van der Waals surface area contributed by atoms with Gasteiger partial charge < -0.3 is 15.8 Å². The standard InChI is InChI=1S/C13H13ClN2O2/c14-7-3-4-10-9(6-7)8-2-1-5-13(18,12(15)17)11(8)16-10/h3-4,6,16,18H,1-2,5H2,(H2,15,17). The first kappa shape index (κ1) is 11.6. The Morgan fingerprint density at radius 1 is 1.50 bits per heavy atom. The highest BCUT2D eigenvalue weighted by molar-refractivity contribution is 6.31. The van der Waals surface area contributed by atoms with Crippen LogP contribution in [0.5, 0.6) is 0 Å². The molecule has 1 aliphatic rings. The third kappa shape index (κ3) is 1.46. The zero-order chi connectivity index (χ0) is 12.9. The van der Waals surface area contributed by atoms with Crippen LogP contribution in [-0.4, -0.2) is 16.0 Å². The van der Waals surface area contributed by atoms with Gasteiger partial charge in [-0.05, 0) is 43.0 Å². The lowest BCUT2D eigenvalue weighted by Crippen LogP contribution is -2.43. The molecule has 94 valence electrons. The Balaban J connectivity index is 2.31. The van der Waals surface area contributed by atoms with Crippen molar-refractivity contribution < 1.29 is 9.90 Å². The number of aliphatic hydroxyl groups is 1. The summed E-state index contributed by atoms with van der Waals surface area (Å²) in [5.41, 5.74) is 6.09. The SMILES string of the molecule is NC(=O)C1(O)CCCc2c1[nH]c1ccc(Cl)cc21. The van der Waals surface area contributed by atoms with Crippen LogP contribution >= 0.6 is 11.6 Å². The molecule has 4 N–H and O–H groups in total. The van der Waals surface area contributed by atoms with Gasteiger partial charge in [0.1, 0.15) is 0 Å². The van der Waals surface area contributed by atoms with Gasteiger partial charge in [-0.15, -0.1) is 0 Å². The summed E-state index contributed by atoms with van der Waals surface area (Å²) in [7, 11) is 0. The quantitative estimate of drug-likeness (QED) is 0.735. The van der Waals surface area contributed by atoms with Gasteiger partial charge in [-0.3, -0.25) is 4.79 Å². The number of nitrogens with two attached hydrogens (primary N) is 1. The molecule has 1 aliphatic carbocycles. The molecule has 1 unspecified atom stereocenters. The molecule has 0 spiro atoms. The summed E-state index contributed by atoms with van der Waals surface area (Å²) in [4.78, 5) is 14.6. The number of primary amides is 1. The number of nitrogens with one attached hydrogen (secondary N) is 1. The second-order valence-corrected chi connectivity index (χ2v) is 5.18. The molecule has 1 aromatic carbocycles. The lowest BCUT2D eigenvalue weighted by atomic mass is 9.82. The highest BCUT2D eigenvalue weighted by atomic mass is 35.5. The van der Waals surface area contributed by atoms with Crippen LogP contribution in [0.4, 0.5) is 0 Å². The molecule has 18 heavy (non-hydrogen) atoms. The Hall–Kier alpha value is -1.52. The van der Waals surface area contributed by atoms with Crippen molar-refractivity contribution >= 4 is 28.4 Å². The number of hydrogen-bond donors (Lipinski definition) is 3. The van der Waals surface area contributed by atoms with E-state index in [1.807, 2.05) is 12.1 Å². The van der Waals surface area contributed by atoms with Crippen LogP contribution in [0.15, 0.2) is 18.2 Å². The number of aromatic amines is 1. The summed E-state index contributed by atoms with van der Waals surface area (Å²) in [6, 6.07) is 5.46. The molecule has 4 nitrogen and oxygen atoms in total. The maximum atomic E-state index is 11.5. The molecule has 1 amide bonds. The Kier molecular flexibility index (Phi) is 2.40. The van der Waals surface area contributed by atoms with Crippen LogP contribution in [0.3, 0.4) is 0 Å². The Bertz CT molecular complexity index is 650. The number of amides is 1. The molecular weight excluding hydrogens is 252 g/mol. The van der Waals surface area contributed by atoms with E-state index in [2.05, 4.69) is 4.98 Å². The van der Waals surface area contributed by atoms with Crippen LogP contribution in [0.2, 0.25) is 5.02 Å². The van der Waals surface area contributed by atoms with Gasteiger partial charge in [0.15, 0.2) is 5.60 Å². The van der Waals surface area contributed by atoms with E-state index in [4.69, 9.17) is 17.3 Å². The molecule has 5 heteroatoms. The Morgan fingerprint density at radius 2 is 2.28 bits per heavy atom. The topological polar surface area (TPSA) is 79.1 Å². The van der Waals surface area contributed by atoms with Crippen molar-refractivity contribution in [2.45, 2.75) is 24.9 Å². The van der Waals surface area contributed by atoms with Crippen molar-refractivity contribution in [3.63, 3.8) is 0 Å². The minimum absolute atomic E-state index is 0.357. The first-order valence-corrected chi connectivity index (χ1v) is 6.23. The summed E-state index contributed by atoms with van der Waals surface area (Å²) in [6.45, 7) is 0. The number of hydrogen-bond acceptors (Lipinski definition) is 2. The lowest BCUT2D eigenvalue weighted by molar-refractivity contribution is -0.139. The Morgan fingerprint density at radius 3 is 3.00 bits per heavy atom. The smallest absolute Gasteiger partial charge is 0.255 e. The molecule has 0 aliphatic heterocycles. The van der Waals surface area contributed by atoms with Crippen molar-refractivity contribution in [3.05, 3.63) is 34.5 Å². The van der Waals surface area contributed by atoms with Crippen LogP contribution < -0.4 is 5.73 Å². The van der Waals surface area contributed by atoms with Crippen molar-refractivity contribution in [2.75, 3.05) is 0 Å². The molecular formula is C13H13ClN2O2. The third-order valence-corrected chi connectivity index (χ3v) is 3.89. The van der Waals surface area contributed by atoms with Crippen LogP contribution in [0.1, 0.15) is 24.1 Å². The predicted octanol–water partition coefficient (Wildman–Crippen LogP) is 1.83. The summed E-state index contributed by atoms with van der Waals surface area (Å²) < 4.78 is 0. The number of H-pyrrole nitrogens is 1. The van der Waals surface area contributed by atoms with Gasteiger partial charge in [0.2, 0.25) is 0 Å². The van der Waals surface area contributed by atoms with E-state index < -0.39 is 11.5 Å². The first-order chi connectivity index (χ1) is 8.52. The van der Waals surface area contributed by atoms with E-state index in [0.29, 0.717) is 17.1 Å². The summed E-state index contributed by atoms with van der Waals surface area (Å²) in [6.07, 6.45) is 1.90. The summed E-state index contributed by atoms with van der Waals surface area (Å²) in [5.74, 6) is -0.707. The van der Waals surface area contributed by atoms with Crippen molar-refractivity contribution in [2.24, 2.45) is 5.73 Å². The van der Waals surface area contributed by atoms with Crippen molar-refractivity contribution in [3.8, 4) is 0 Å². The number of aromatic nitrogens is 1. The number of carbonyl (C=O) groups is 1. The highest BCUT2D eigenvalue weighted by Gasteiger charge is 2.42. The van der Waals surface area contributed by atoms with Gasteiger partial charge in [0.05, 0.1) is 5.69 Å². The van der Waals surface area contributed by atoms with Crippen LogP contribution in [0.25, 0.3) is 10.9 Å². The van der Waals surface area contributed by atoms with E-state index in [1.165, 1.54) is 0 Å². The fourth-order valence-corrected chi connectivity index (χ4v) is 2.90. The highest BCUT2D eigenvalue weighted by Crippen LogP contribution is 2.39. The van der Waals surface area contributed by atoms with Crippen molar-refractivity contribution in [1.82, 2.24) is 4.98 Å². The average molecular weight is 265 g/mol. The number of rotatable bonds is 1. The molecule has 0 radical (unpaired) electrons. The second kappa shape index (κ2) is 3.73. The lowest BCUT2D eigenvalue weighted by Gasteiger charge is -2.29. The predicted molar refractivity (Wildman–Crippen MR) is 69.3 cm³/mol.